The van der Waals surface area contributed by atoms with Gasteiger partial charge in [-0.05, 0) is 80.0 Å². The van der Waals surface area contributed by atoms with Crippen LogP contribution in [0.3, 0.4) is 0 Å². The van der Waals surface area contributed by atoms with Crippen LogP contribution in [0.15, 0.2) is 42.5 Å². The molecule has 0 radical (unpaired) electrons. The van der Waals surface area contributed by atoms with Crippen molar-refractivity contribution in [2.24, 2.45) is 0 Å². The molecule has 0 saturated heterocycles. The van der Waals surface area contributed by atoms with Crippen molar-refractivity contribution in [1.29, 1.82) is 0 Å². The normalized spacial score (nSPS) is 15.7. The molecule has 0 fully saturated rings. The van der Waals surface area contributed by atoms with Crippen LogP contribution < -0.4 is 9.62 Å². The molecule has 162 valence electrons. The van der Waals surface area contributed by atoms with Crippen LogP contribution in [0.4, 0.5) is 10.1 Å². The number of amides is 1. The van der Waals surface area contributed by atoms with Gasteiger partial charge in [-0.25, -0.2) is 12.8 Å². The van der Waals surface area contributed by atoms with E-state index in [-0.39, 0.29) is 11.7 Å². The third-order valence-electron chi connectivity index (χ3n) is 5.67. The van der Waals surface area contributed by atoms with Gasteiger partial charge in [0, 0.05) is 0 Å². The molecule has 1 aliphatic carbocycles. The highest BCUT2D eigenvalue weighted by Gasteiger charge is 2.30. The smallest absolute Gasteiger partial charge is 0.244 e. The Balaban J connectivity index is 1.82. The van der Waals surface area contributed by atoms with E-state index in [1.54, 1.807) is 6.92 Å². The van der Waals surface area contributed by atoms with Gasteiger partial charge in [0.2, 0.25) is 15.9 Å². The number of fused-ring (bicyclic) bond motifs is 1. The number of sulfonamides is 1. The second-order valence-corrected chi connectivity index (χ2v) is 9.78. The zero-order valence-corrected chi connectivity index (χ0v) is 18.5. The number of halogens is 1. The Kier molecular flexibility index (Phi) is 6.81. The van der Waals surface area contributed by atoms with Crippen molar-refractivity contribution in [3.8, 4) is 0 Å². The third kappa shape index (κ3) is 5.01. The number of rotatable bonds is 7. The first-order valence-corrected chi connectivity index (χ1v) is 12.2. The lowest BCUT2D eigenvalue weighted by molar-refractivity contribution is -0.122. The van der Waals surface area contributed by atoms with Gasteiger partial charge in [0.1, 0.15) is 11.9 Å². The maximum absolute atomic E-state index is 13.3. The summed E-state index contributed by atoms with van der Waals surface area (Å²) >= 11 is 0. The first kappa shape index (κ1) is 22.3. The molecule has 0 unspecified atom stereocenters. The lowest BCUT2D eigenvalue weighted by Crippen LogP contribution is -2.48. The molecular formula is C23H29FN2O3S. The van der Waals surface area contributed by atoms with Crippen LogP contribution in [0.5, 0.6) is 0 Å². The second kappa shape index (κ2) is 9.16. The summed E-state index contributed by atoms with van der Waals surface area (Å²) in [4.78, 5) is 13.0. The predicted molar refractivity (Wildman–Crippen MR) is 117 cm³/mol. The fourth-order valence-corrected chi connectivity index (χ4v) is 5.26. The number of nitrogens with one attached hydrogen (secondary N) is 1. The van der Waals surface area contributed by atoms with Crippen molar-refractivity contribution in [1.82, 2.24) is 5.32 Å². The summed E-state index contributed by atoms with van der Waals surface area (Å²) in [5.41, 5.74) is 4.00. The van der Waals surface area contributed by atoms with Crippen LogP contribution in [0.2, 0.25) is 0 Å². The van der Waals surface area contributed by atoms with E-state index in [1.807, 2.05) is 6.92 Å². The molecule has 0 aliphatic heterocycles. The fourth-order valence-electron chi connectivity index (χ4n) is 4.08. The van der Waals surface area contributed by atoms with Gasteiger partial charge in [0.15, 0.2) is 0 Å². The topological polar surface area (TPSA) is 66.5 Å². The number of aryl methyl sites for hydroxylation is 2. The lowest BCUT2D eigenvalue weighted by Gasteiger charge is -2.30. The molecule has 7 heteroatoms. The molecule has 0 spiro atoms. The Bertz CT molecular complexity index is 1010. The molecular weight excluding hydrogens is 403 g/mol. The average molecular weight is 433 g/mol. The van der Waals surface area contributed by atoms with E-state index in [0.717, 1.165) is 29.0 Å². The van der Waals surface area contributed by atoms with Gasteiger partial charge in [-0.1, -0.05) is 25.1 Å². The van der Waals surface area contributed by atoms with Crippen molar-refractivity contribution < 1.29 is 17.6 Å². The molecule has 0 heterocycles. The highest BCUT2D eigenvalue weighted by atomic mass is 32.2. The number of hydrogen-bond acceptors (Lipinski definition) is 3. The molecule has 3 rings (SSSR count). The van der Waals surface area contributed by atoms with Gasteiger partial charge >= 0.3 is 0 Å². The van der Waals surface area contributed by atoms with Gasteiger partial charge in [-0.2, -0.15) is 0 Å². The van der Waals surface area contributed by atoms with E-state index >= 15 is 0 Å². The summed E-state index contributed by atoms with van der Waals surface area (Å²) in [6.45, 7) is 3.53. The average Bonchev–Trinajstić information content (AvgIpc) is 2.72. The predicted octanol–water partition coefficient (Wildman–Crippen LogP) is 4.13. The second-order valence-electron chi connectivity index (χ2n) is 7.92. The minimum Gasteiger partial charge on any atom is -0.347 e. The van der Waals surface area contributed by atoms with Gasteiger partial charge in [0.05, 0.1) is 18.0 Å². The van der Waals surface area contributed by atoms with E-state index in [4.69, 9.17) is 0 Å². The van der Waals surface area contributed by atoms with Crippen molar-refractivity contribution in [2.45, 2.75) is 58.0 Å². The Morgan fingerprint density at radius 1 is 1.10 bits per heavy atom. The van der Waals surface area contributed by atoms with E-state index < -0.39 is 27.8 Å². The zero-order valence-electron chi connectivity index (χ0n) is 17.7. The SMILES string of the molecule is CC[C@H](NC(=O)[C@@H](C)N(c1ccc(F)cc1)S(C)(=O)=O)c1ccc2c(c1)CCCC2. The molecule has 0 aromatic heterocycles. The van der Waals surface area contributed by atoms with Crippen molar-refractivity contribution in [2.75, 3.05) is 10.6 Å². The van der Waals surface area contributed by atoms with Crippen molar-refractivity contribution in [3.63, 3.8) is 0 Å². The summed E-state index contributed by atoms with van der Waals surface area (Å²) in [7, 11) is -3.74. The number of benzene rings is 2. The first-order chi connectivity index (χ1) is 14.2. The Morgan fingerprint density at radius 2 is 1.73 bits per heavy atom. The Hall–Kier alpha value is -2.41. The largest absolute Gasteiger partial charge is 0.347 e. The summed E-state index contributed by atoms with van der Waals surface area (Å²) in [6, 6.07) is 10.3. The number of hydrogen-bond donors (Lipinski definition) is 1. The molecule has 30 heavy (non-hydrogen) atoms. The van der Waals surface area contributed by atoms with E-state index in [0.29, 0.717) is 6.42 Å². The summed E-state index contributed by atoms with van der Waals surface area (Å²) in [5, 5.41) is 3.00. The highest BCUT2D eigenvalue weighted by Crippen LogP contribution is 2.27. The minimum absolute atomic E-state index is 0.207. The minimum atomic E-state index is -3.74. The number of anilines is 1. The fraction of sp³-hybridized carbons (Fsp3) is 0.435. The van der Waals surface area contributed by atoms with Crippen LogP contribution >= 0.6 is 0 Å². The van der Waals surface area contributed by atoms with Crippen LogP contribution in [-0.2, 0) is 27.7 Å². The standard InChI is InChI=1S/C23H29FN2O3S/c1-4-22(19-10-9-17-7-5-6-8-18(17)15-19)25-23(27)16(2)26(30(3,28)29)21-13-11-20(24)12-14-21/h9-16,22H,4-8H2,1-3H3,(H,25,27)/t16-,22+/m1/s1. The molecule has 2 atom stereocenters. The molecule has 5 nitrogen and oxygen atoms in total. The molecule has 1 N–H and O–H groups in total. The maximum atomic E-state index is 13.3. The number of nitrogens with zero attached hydrogens (tertiary/aromatic N) is 1. The molecule has 2 aromatic carbocycles. The van der Waals surface area contributed by atoms with Crippen molar-refractivity contribution in [3.05, 3.63) is 65.0 Å². The van der Waals surface area contributed by atoms with Gasteiger partial charge < -0.3 is 5.32 Å². The summed E-state index contributed by atoms with van der Waals surface area (Å²) in [5.74, 6) is -0.864. The van der Waals surface area contributed by atoms with E-state index in [9.17, 15) is 17.6 Å². The quantitative estimate of drug-likeness (QED) is 0.716. The van der Waals surface area contributed by atoms with Crippen LogP contribution in [0.1, 0.15) is 55.8 Å². The number of carbonyl (C=O) groups is 1. The van der Waals surface area contributed by atoms with Gasteiger partial charge in [-0.15, -0.1) is 0 Å². The Labute approximate surface area is 178 Å². The van der Waals surface area contributed by atoms with Gasteiger partial charge in [-0.3, -0.25) is 9.10 Å². The van der Waals surface area contributed by atoms with Crippen LogP contribution in [0.25, 0.3) is 0 Å². The number of carbonyl (C=O) groups excluding carboxylic acids is 1. The highest BCUT2D eigenvalue weighted by molar-refractivity contribution is 7.92. The van der Waals surface area contributed by atoms with E-state index in [1.165, 1.54) is 48.2 Å². The monoisotopic (exact) mass is 432 g/mol. The lowest BCUT2D eigenvalue weighted by atomic mass is 9.88. The zero-order chi connectivity index (χ0) is 21.9. The van der Waals surface area contributed by atoms with E-state index in [2.05, 4.69) is 23.5 Å². The van der Waals surface area contributed by atoms with Crippen LogP contribution in [0, 0.1) is 5.82 Å². The molecule has 1 aliphatic rings. The molecule has 0 saturated carbocycles. The maximum Gasteiger partial charge on any atom is 0.244 e. The summed E-state index contributed by atoms with van der Waals surface area (Å²) < 4.78 is 39.1. The van der Waals surface area contributed by atoms with Crippen molar-refractivity contribution >= 4 is 21.6 Å². The molecule has 0 bridgehead atoms. The third-order valence-corrected chi connectivity index (χ3v) is 6.91. The molecule has 2 aromatic rings. The first-order valence-electron chi connectivity index (χ1n) is 10.4. The summed E-state index contributed by atoms with van der Waals surface area (Å²) in [6.07, 6.45) is 6.26. The molecule has 1 amide bonds. The Morgan fingerprint density at radius 3 is 2.33 bits per heavy atom. The van der Waals surface area contributed by atoms with Gasteiger partial charge in [0.25, 0.3) is 0 Å². The van der Waals surface area contributed by atoms with Crippen LogP contribution in [-0.4, -0.2) is 26.6 Å².